The minimum atomic E-state index is -0.337. The molecule has 0 aliphatic carbocycles. The molecule has 1 aromatic rings. The Balaban J connectivity index is 0.00000169. The minimum absolute atomic E-state index is 0. The van der Waals surface area contributed by atoms with Crippen molar-refractivity contribution in [2.45, 2.75) is 38.4 Å². The summed E-state index contributed by atoms with van der Waals surface area (Å²) >= 11 is 0. The smallest absolute Gasteiger partial charge is 0.274 e. The number of nitrogens with zero attached hydrogens (tertiary/aromatic N) is 2. The maximum absolute atomic E-state index is 13.0. The van der Waals surface area contributed by atoms with E-state index >= 15 is 0 Å². The van der Waals surface area contributed by atoms with Crippen LogP contribution >= 0.6 is 12.4 Å². The van der Waals surface area contributed by atoms with Gasteiger partial charge in [0, 0.05) is 42.7 Å². The van der Waals surface area contributed by atoms with Gasteiger partial charge in [0.15, 0.2) is 5.69 Å². The van der Waals surface area contributed by atoms with Crippen LogP contribution in [0.2, 0.25) is 0 Å². The van der Waals surface area contributed by atoms with Crippen LogP contribution in [0.4, 0.5) is 0 Å². The molecule has 3 aliphatic rings. The summed E-state index contributed by atoms with van der Waals surface area (Å²) in [6.07, 6.45) is 3.09. The van der Waals surface area contributed by atoms with Gasteiger partial charge in [0.25, 0.3) is 5.91 Å². The zero-order valence-corrected chi connectivity index (χ0v) is 14.5. The Labute approximate surface area is 147 Å². The van der Waals surface area contributed by atoms with Gasteiger partial charge < -0.3 is 20.1 Å². The van der Waals surface area contributed by atoms with Crippen LogP contribution in [0, 0.1) is 5.41 Å². The van der Waals surface area contributed by atoms with Crippen molar-refractivity contribution in [3.05, 3.63) is 17.0 Å². The number of hydrogen-bond donors (Lipinski definition) is 3. The summed E-state index contributed by atoms with van der Waals surface area (Å²) in [6.45, 7) is 4.09. The fourth-order valence-corrected chi connectivity index (χ4v) is 4.19. The van der Waals surface area contributed by atoms with Crippen LogP contribution in [0.3, 0.4) is 0 Å². The van der Waals surface area contributed by atoms with E-state index in [0.29, 0.717) is 25.5 Å². The average molecular weight is 357 g/mol. The Hall–Kier alpha value is -1.15. The summed E-state index contributed by atoms with van der Waals surface area (Å²) in [5.74, 6) is -0.0372. The molecule has 0 bridgehead atoms. The number of amides is 1. The maximum atomic E-state index is 13.0. The van der Waals surface area contributed by atoms with E-state index in [2.05, 4.69) is 15.5 Å². The monoisotopic (exact) mass is 356 g/mol. The summed E-state index contributed by atoms with van der Waals surface area (Å²) in [6, 6.07) is 0. The Kier molecular flexibility index (Phi) is 5.15. The normalized spacial score (nSPS) is 29.9. The molecule has 2 fully saturated rings. The number of piperidine rings is 2. The lowest BCUT2D eigenvalue weighted by atomic mass is 9.72. The quantitative estimate of drug-likeness (QED) is 0.681. The first-order valence-electron chi connectivity index (χ1n) is 8.51. The van der Waals surface area contributed by atoms with Gasteiger partial charge in [-0.05, 0) is 25.8 Å². The summed E-state index contributed by atoms with van der Waals surface area (Å²) in [4.78, 5) is 14.8. The number of aromatic amines is 1. The largest absolute Gasteiger partial charge is 0.392 e. The molecule has 4 rings (SSSR count). The Morgan fingerprint density at radius 2 is 2.33 bits per heavy atom. The number of ether oxygens (including phenoxy) is 1. The Morgan fingerprint density at radius 3 is 3.17 bits per heavy atom. The van der Waals surface area contributed by atoms with Crippen LogP contribution in [0.1, 0.15) is 41.0 Å². The first-order chi connectivity index (χ1) is 11.2. The van der Waals surface area contributed by atoms with E-state index in [-0.39, 0.29) is 29.8 Å². The minimum Gasteiger partial charge on any atom is -0.392 e. The van der Waals surface area contributed by atoms with E-state index in [9.17, 15) is 9.90 Å². The van der Waals surface area contributed by atoms with Gasteiger partial charge in [-0.1, -0.05) is 0 Å². The molecule has 8 heteroatoms. The number of aromatic nitrogens is 2. The summed E-state index contributed by atoms with van der Waals surface area (Å²) in [7, 11) is 0. The molecule has 7 nitrogen and oxygen atoms in total. The van der Waals surface area contributed by atoms with Gasteiger partial charge >= 0.3 is 0 Å². The summed E-state index contributed by atoms with van der Waals surface area (Å²) < 4.78 is 5.48. The molecular formula is C16H25ClN4O3. The van der Waals surface area contributed by atoms with Crippen molar-refractivity contribution in [1.29, 1.82) is 0 Å². The summed E-state index contributed by atoms with van der Waals surface area (Å²) in [5, 5.41) is 21.1. The van der Waals surface area contributed by atoms with Crippen LogP contribution in [0.5, 0.6) is 0 Å². The van der Waals surface area contributed by atoms with Gasteiger partial charge in [-0.3, -0.25) is 9.89 Å². The molecule has 0 aromatic carbocycles. The van der Waals surface area contributed by atoms with Crippen molar-refractivity contribution in [2.75, 3.05) is 32.8 Å². The predicted molar refractivity (Wildman–Crippen MR) is 90.3 cm³/mol. The highest BCUT2D eigenvalue weighted by Gasteiger charge is 2.44. The lowest BCUT2D eigenvalue weighted by Crippen LogP contribution is -2.59. The Morgan fingerprint density at radius 1 is 1.46 bits per heavy atom. The highest BCUT2D eigenvalue weighted by atomic mass is 35.5. The molecule has 1 spiro atoms. The second kappa shape index (κ2) is 7.00. The third kappa shape index (κ3) is 2.94. The zero-order chi connectivity index (χ0) is 15.9. The molecule has 24 heavy (non-hydrogen) atoms. The molecular weight excluding hydrogens is 332 g/mol. The van der Waals surface area contributed by atoms with Gasteiger partial charge in [-0.2, -0.15) is 5.10 Å². The molecule has 4 heterocycles. The van der Waals surface area contributed by atoms with Crippen molar-refractivity contribution in [1.82, 2.24) is 20.4 Å². The number of likely N-dealkylation sites (tertiary alicyclic amines) is 1. The number of hydrogen-bond acceptors (Lipinski definition) is 5. The van der Waals surface area contributed by atoms with E-state index in [1.165, 1.54) is 0 Å². The lowest BCUT2D eigenvalue weighted by molar-refractivity contribution is -0.0434. The number of fused-ring (bicyclic) bond motifs is 1. The molecule has 2 atom stereocenters. The van der Waals surface area contributed by atoms with E-state index < -0.39 is 0 Å². The molecule has 2 saturated heterocycles. The van der Waals surface area contributed by atoms with Gasteiger partial charge in [0.05, 0.1) is 19.3 Å². The fraction of sp³-hybridized carbons (Fsp3) is 0.750. The highest BCUT2D eigenvalue weighted by molar-refractivity contribution is 5.94. The maximum Gasteiger partial charge on any atom is 0.274 e. The van der Waals surface area contributed by atoms with Crippen LogP contribution in [-0.4, -0.2) is 65.0 Å². The average Bonchev–Trinajstić information content (AvgIpc) is 3.01. The fourth-order valence-electron chi connectivity index (χ4n) is 4.19. The van der Waals surface area contributed by atoms with Crippen molar-refractivity contribution in [3.8, 4) is 0 Å². The first kappa shape index (κ1) is 17.7. The van der Waals surface area contributed by atoms with Crippen molar-refractivity contribution < 1.29 is 14.6 Å². The molecule has 3 N–H and O–H groups in total. The van der Waals surface area contributed by atoms with Gasteiger partial charge in [-0.25, -0.2) is 0 Å². The number of halogens is 1. The molecule has 0 radical (unpaired) electrons. The van der Waals surface area contributed by atoms with Crippen molar-refractivity contribution in [2.24, 2.45) is 5.41 Å². The number of aliphatic hydroxyl groups is 1. The van der Waals surface area contributed by atoms with Crippen molar-refractivity contribution >= 4 is 18.3 Å². The third-order valence-corrected chi connectivity index (χ3v) is 5.57. The second-order valence-electron chi connectivity index (χ2n) is 7.01. The number of rotatable bonds is 1. The molecule has 1 aromatic heterocycles. The molecule has 134 valence electrons. The van der Waals surface area contributed by atoms with E-state index in [0.717, 1.165) is 56.6 Å². The third-order valence-electron chi connectivity index (χ3n) is 5.57. The van der Waals surface area contributed by atoms with Gasteiger partial charge in [0.1, 0.15) is 0 Å². The van der Waals surface area contributed by atoms with Gasteiger partial charge in [-0.15, -0.1) is 12.4 Å². The number of aliphatic hydroxyl groups excluding tert-OH is 1. The van der Waals surface area contributed by atoms with E-state index in [1.807, 2.05) is 4.90 Å². The molecule has 1 amide bonds. The highest BCUT2D eigenvalue weighted by Crippen LogP contribution is 2.37. The molecule has 0 saturated carbocycles. The SMILES string of the molecule is Cl.O=C(c1n[nH]c2c1COCC2)N1CCC[C@]2(CNCC[C@@H]2O)C1. The topological polar surface area (TPSA) is 90.5 Å². The lowest BCUT2D eigenvalue weighted by Gasteiger charge is -2.48. The van der Waals surface area contributed by atoms with Gasteiger partial charge in [0.2, 0.25) is 0 Å². The number of nitrogens with one attached hydrogen (secondary N) is 2. The summed E-state index contributed by atoms with van der Waals surface area (Å²) in [5.41, 5.74) is 2.21. The number of carbonyl (C=O) groups is 1. The van der Waals surface area contributed by atoms with E-state index in [1.54, 1.807) is 0 Å². The van der Waals surface area contributed by atoms with Crippen LogP contribution in [0.15, 0.2) is 0 Å². The van der Waals surface area contributed by atoms with E-state index in [4.69, 9.17) is 4.74 Å². The second-order valence-corrected chi connectivity index (χ2v) is 7.01. The molecule has 0 unspecified atom stereocenters. The number of H-pyrrole nitrogens is 1. The standard InChI is InChI=1S/C16H24N4O3.ClH/c21-13-2-5-17-9-16(13)4-1-6-20(10-16)15(22)14-11-8-23-7-3-12(11)18-19-14;/h13,17,21H,1-10H2,(H,18,19);1H/t13-,16-;/m0./s1. The van der Waals surface area contributed by atoms with Crippen LogP contribution in [-0.2, 0) is 17.8 Å². The first-order valence-corrected chi connectivity index (χ1v) is 8.51. The Bertz CT molecular complexity index is 604. The zero-order valence-electron chi connectivity index (χ0n) is 13.7. The molecule has 3 aliphatic heterocycles. The van der Waals surface area contributed by atoms with Crippen LogP contribution in [0.25, 0.3) is 0 Å². The number of carbonyl (C=O) groups excluding carboxylic acids is 1. The predicted octanol–water partition coefficient (Wildman–Crippen LogP) is 0.481. The van der Waals surface area contributed by atoms with Crippen molar-refractivity contribution in [3.63, 3.8) is 0 Å². The van der Waals surface area contributed by atoms with Crippen LogP contribution < -0.4 is 5.32 Å².